The molecule has 0 aliphatic rings. The molecule has 0 saturated heterocycles. The highest BCUT2D eigenvalue weighted by Gasteiger charge is 2.11. The van der Waals surface area contributed by atoms with Gasteiger partial charge in [-0.1, -0.05) is 6.92 Å². The molecule has 2 nitrogen and oxygen atoms in total. The SMILES string of the molecule is CCCC(=O)c1cc2cc(F)ccc2o1. The third kappa shape index (κ3) is 1.91. The Labute approximate surface area is 86.7 Å². The molecule has 0 aliphatic heterocycles. The van der Waals surface area contributed by atoms with E-state index >= 15 is 0 Å². The predicted octanol–water partition coefficient (Wildman–Crippen LogP) is 3.55. The Bertz CT molecular complexity index is 499. The van der Waals surface area contributed by atoms with Crippen LogP contribution in [0.15, 0.2) is 28.7 Å². The average molecular weight is 206 g/mol. The van der Waals surface area contributed by atoms with Crippen molar-refractivity contribution in [3.05, 3.63) is 35.8 Å². The molecule has 2 rings (SSSR count). The number of carbonyl (C=O) groups excluding carboxylic acids is 1. The van der Waals surface area contributed by atoms with E-state index in [1.807, 2.05) is 6.92 Å². The molecule has 0 bridgehead atoms. The zero-order valence-corrected chi connectivity index (χ0v) is 8.42. The second-order valence-electron chi connectivity index (χ2n) is 3.47. The maximum Gasteiger partial charge on any atom is 0.198 e. The molecule has 0 spiro atoms. The highest BCUT2D eigenvalue weighted by molar-refractivity contribution is 5.97. The number of hydrogen-bond donors (Lipinski definition) is 0. The molecule has 3 heteroatoms. The molecule has 15 heavy (non-hydrogen) atoms. The van der Waals surface area contributed by atoms with Crippen LogP contribution in [0.3, 0.4) is 0 Å². The highest BCUT2D eigenvalue weighted by atomic mass is 19.1. The van der Waals surface area contributed by atoms with Gasteiger partial charge in [-0.25, -0.2) is 4.39 Å². The lowest BCUT2D eigenvalue weighted by atomic mass is 10.2. The third-order valence-electron chi connectivity index (χ3n) is 2.23. The van der Waals surface area contributed by atoms with Crippen molar-refractivity contribution in [1.82, 2.24) is 0 Å². The topological polar surface area (TPSA) is 30.2 Å². The molecule has 1 aromatic heterocycles. The van der Waals surface area contributed by atoms with Crippen molar-refractivity contribution in [1.29, 1.82) is 0 Å². The van der Waals surface area contributed by atoms with Crippen LogP contribution in [0.1, 0.15) is 30.3 Å². The number of halogens is 1. The van der Waals surface area contributed by atoms with Gasteiger partial charge in [0.25, 0.3) is 0 Å². The number of hydrogen-bond acceptors (Lipinski definition) is 2. The van der Waals surface area contributed by atoms with Crippen LogP contribution < -0.4 is 0 Å². The standard InChI is InChI=1S/C12H11FO2/c1-2-3-10(14)12-7-8-6-9(13)4-5-11(8)15-12/h4-7H,2-3H2,1H3. The van der Waals surface area contributed by atoms with Crippen LogP contribution in [0, 0.1) is 5.82 Å². The number of fused-ring (bicyclic) bond motifs is 1. The molecule has 0 aliphatic carbocycles. The van der Waals surface area contributed by atoms with Gasteiger partial charge in [0.2, 0.25) is 0 Å². The van der Waals surface area contributed by atoms with Crippen LogP contribution in [0.5, 0.6) is 0 Å². The third-order valence-corrected chi connectivity index (χ3v) is 2.23. The zero-order chi connectivity index (χ0) is 10.8. The van der Waals surface area contributed by atoms with Crippen molar-refractivity contribution in [2.75, 3.05) is 0 Å². The lowest BCUT2D eigenvalue weighted by molar-refractivity contribution is 0.0957. The summed E-state index contributed by atoms with van der Waals surface area (Å²) >= 11 is 0. The Morgan fingerprint density at radius 2 is 2.20 bits per heavy atom. The maximum absolute atomic E-state index is 12.9. The van der Waals surface area contributed by atoms with E-state index in [1.165, 1.54) is 18.2 Å². The molecular formula is C12H11FO2. The van der Waals surface area contributed by atoms with Gasteiger partial charge in [0, 0.05) is 11.8 Å². The van der Waals surface area contributed by atoms with E-state index in [9.17, 15) is 9.18 Å². The molecule has 0 radical (unpaired) electrons. The summed E-state index contributed by atoms with van der Waals surface area (Å²) in [5, 5.41) is 0.634. The summed E-state index contributed by atoms with van der Waals surface area (Å²) < 4.78 is 18.2. The van der Waals surface area contributed by atoms with Crippen molar-refractivity contribution in [3.8, 4) is 0 Å². The Morgan fingerprint density at radius 1 is 1.40 bits per heavy atom. The van der Waals surface area contributed by atoms with Gasteiger partial charge in [0.1, 0.15) is 11.4 Å². The molecule has 78 valence electrons. The van der Waals surface area contributed by atoms with E-state index < -0.39 is 0 Å². The highest BCUT2D eigenvalue weighted by Crippen LogP contribution is 2.21. The zero-order valence-electron chi connectivity index (χ0n) is 8.42. The minimum atomic E-state index is -0.321. The Hall–Kier alpha value is -1.64. The summed E-state index contributed by atoms with van der Waals surface area (Å²) in [4.78, 5) is 11.5. The molecule has 1 heterocycles. The van der Waals surface area contributed by atoms with E-state index in [0.717, 1.165) is 6.42 Å². The molecule has 0 saturated carbocycles. The summed E-state index contributed by atoms with van der Waals surface area (Å²) in [5.41, 5.74) is 0.552. The van der Waals surface area contributed by atoms with Gasteiger partial charge in [-0.2, -0.15) is 0 Å². The largest absolute Gasteiger partial charge is 0.453 e. The minimum Gasteiger partial charge on any atom is -0.453 e. The van der Waals surface area contributed by atoms with Crippen LogP contribution >= 0.6 is 0 Å². The van der Waals surface area contributed by atoms with Crippen LogP contribution in [-0.4, -0.2) is 5.78 Å². The number of carbonyl (C=O) groups is 1. The van der Waals surface area contributed by atoms with Crippen LogP contribution in [0.25, 0.3) is 11.0 Å². The normalized spacial score (nSPS) is 10.8. The van der Waals surface area contributed by atoms with Crippen LogP contribution in [0.2, 0.25) is 0 Å². The molecule has 2 aromatic rings. The van der Waals surface area contributed by atoms with Gasteiger partial charge in [-0.15, -0.1) is 0 Å². The van der Waals surface area contributed by atoms with E-state index in [1.54, 1.807) is 6.07 Å². The number of ketones is 1. The predicted molar refractivity (Wildman–Crippen MR) is 55.4 cm³/mol. The first-order chi connectivity index (χ1) is 7.20. The van der Waals surface area contributed by atoms with Gasteiger partial charge in [0.15, 0.2) is 11.5 Å². The Morgan fingerprint density at radius 3 is 2.93 bits per heavy atom. The van der Waals surface area contributed by atoms with Gasteiger partial charge in [-0.05, 0) is 30.7 Å². The number of Topliss-reactive ketones (excluding diaryl/α,β-unsaturated/α-hetero) is 1. The summed E-state index contributed by atoms with van der Waals surface area (Å²) in [7, 11) is 0. The fourth-order valence-electron chi connectivity index (χ4n) is 1.50. The molecule has 0 fully saturated rings. The lowest BCUT2D eigenvalue weighted by Crippen LogP contribution is -1.94. The summed E-state index contributed by atoms with van der Waals surface area (Å²) in [6.45, 7) is 1.93. The first-order valence-electron chi connectivity index (χ1n) is 4.93. The van der Waals surface area contributed by atoms with E-state index in [-0.39, 0.29) is 11.6 Å². The van der Waals surface area contributed by atoms with Crippen molar-refractivity contribution < 1.29 is 13.6 Å². The fraction of sp³-hybridized carbons (Fsp3) is 0.250. The van der Waals surface area contributed by atoms with Crippen molar-refractivity contribution >= 4 is 16.8 Å². The van der Waals surface area contributed by atoms with E-state index in [4.69, 9.17) is 4.42 Å². The summed E-state index contributed by atoms with van der Waals surface area (Å²) in [5.74, 6) is -0.0376. The van der Waals surface area contributed by atoms with Gasteiger partial charge in [0.05, 0.1) is 0 Å². The monoisotopic (exact) mass is 206 g/mol. The van der Waals surface area contributed by atoms with Gasteiger partial charge in [-0.3, -0.25) is 4.79 Å². The smallest absolute Gasteiger partial charge is 0.198 e. The fourth-order valence-corrected chi connectivity index (χ4v) is 1.50. The van der Waals surface area contributed by atoms with Crippen molar-refractivity contribution in [3.63, 3.8) is 0 Å². The lowest BCUT2D eigenvalue weighted by Gasteiger charge is -1.91. The van der Waals surface area contributed by atoms with Gasteiger partial charge < -0.3 is 4.42 Å². The van der Waals surface area contributed by atoms with Crippen molar-refractivity contribution in [2.24, 2.45) is 0 Å². The Balaban J connectivity index is 2.42. The van der Waals surface area contributed by atoms with Crippen LogP contribution in [0.4, 0.5) is 4.39 Å². The van der Waals surface area contributed by atoms with E-state index in [0.29, 0.717) is 23.2 Å². The summed E-state index contributed by atoms with van der Waals surface area (Å²) in [6, 6.07) is 5.81. The van der Waals surface area contributed by atoms with Gasteiger partial charge >= 0.3 is 0 Å². The van der Waals surface area contributed by atoms with Crippen molar-refractivity contribution in [2.45, 2.75) is 19.8 Å². The number of rotatable bonds is 3. The second kappa shape index (κ2) is 3.85. The Kier molecular flexibility index (Phi) is 2.54. The first-order valence-corrected chi connectivity index (χ1v) is 4.93. The van der Waals surface area contributed by atoms with Crippen LogP contribution in [-0.2, 0) is 0 Å². The van der Waals surface area contributed by atoms with E-state index in [2.05, 4.69) is 0 Å². The maximum atomic E-state index is 12.9. The molecular weight excluding hydrogens is 195 g/mol. The molecule has 0 amide bonds. The molecule has 0 N–H and O–H groups in total. The summed E-state index contributed by atoms with van der Waals surface area (Å²) in [6.07, 6.45) is 1.24. The second-order valence-corrected chi connectivity index (χ2v) is 3.47. The molecule has 0 atom stereocenters. The number of furan rings is 1. The molecule has 0 unspecified atom stereocenters. The molecule has 1 aromatic carbocycles. The average Bonchev–Trinajstić information content (AvgIpc) is 2.60. The first kappa shape index (κ1) is 9.90. The quantitative estimate of drug-likeness (QED) is 0.719. The minimum absolute atomic E-state index is 0.0332. The number of benzene rings is 1.